The van der Waals surface area contributed by atoms with Crippen molar-refractivity contribution in [2.24, 2.45) is 16.6 Å². The van der Waals surface area contributed by atoms with E-state index in [1.807, 2.05) is 29.6 Å². The molecule has 1 unspecified atom stereocenters. The second-order valence-corrected chi connectivity index (χ2v) is 4.84. The van der Waals surface area contributed by atoms with E-state index in [0.29, 0.717) is 0 Å². The van der Waals surface area contributed by atoms with E-state index < -0.39 is 29.0 Å². The molecule has 1 aromatic heterocycles. The third-order valence-corrected chi connectivity index (χ3v) is 3.18. The minimum absolute atomic E-state index is 0.138. The molecule has 1 atom stereocenters. The summed E-state index contributed by atoms with van der Waals surface area (Å²) in [7, 11) is 0. The minimum Gasteiger partial charge on any atom is -0.368 e. The number of amides is 3. The van der Waals surface area contributed by atoms with Gasteiger partial charge in [0.15, 0.2) is 5.03 Å². The van der Waals surface area contributed by atoms with Crippen molar-refractivity contribution in [3.63, 3.8) is 0 Å². The van der Waals surface area contributed by atoms with Crippen LogP contribution in [0.15, 0.2) is 35.6 Å². The number of nitrogens with zero attached hydrogens (tertiary/aromatic N) is 2. The van der Waals surface area contributed by atoms with Gasteiger partial charge in [-0.2, -0.15) is 0 Å². The summed E-state index contributed by atoms with van der Waals surface area (Å²) in [4.78, 5) is 36.5. The summed E-state index contributed by atoms with van der Waals surface area (Å²) in [5.74, 6) is -1.48. The number of primary amides is 1. The lowest BCUT2D eigenvalue weighted by Crippen LogP contribution is -2.52. The first-order chi connectivity index (χ1) is 11.4. The molecule has 1 heterocycles. The molecule has 0 saturated carbocycles. The number of hydrogen-bond donors (Lipinski definition) is 5. The number of benzene rings is 1. The fraction of sp³-hybridized carbons (Fsp3) is 0.154. The van der Waals surface area contributed by atoms with Crippen LogP contribution in [0.2, 0.25) is 0 Å². The Morgan fingerprint density at radius 2 is 2.04 bits per heavy atom. The Kier molecular flexibility index (Phi) is 4.94. The predicted octanol–water partition coefficient (Wildman–Crippen LogP) is -0.630. The molecule has 3 amide bonds. The fourth-order valence-corrected chi connectivity index (χ4v) is 2.17. The van der Waals surface area contributed by atoms with Crippen molar-refractivity contribution in [3.05, 3.63) is 46.1 Å². The number of aromatic nitrogens is 1. The van der Waals surface area contributed by atoms with E-state index in [4.69, 9.17) is 11.5 Å². The van der Waals surface area contributed by atoms with Crippen LogP contribution in [0, 0.1) is 10.1 Å². The first kappa shape index (κ1) is 16.7. The zero-order chi connectivity index (χ0) is 17.7. The molecule has 0 aliphatic rings. The summed E-state index contributed by atoms with van der Waals surface area (Å²) in [6.07, 6.45) is 1.85. The average Bonchev–Trinajstić information content (AvgIpc) is 2.88. The summed E-state index contributed by atoms with van der Waals surface area (Å²) >= 11 is 0. The molecular formula is C13H15N7O4. The number of carbonyl (C=O) groups excluding carboxylic acids is 2. The summed E-state index contributed by atoms with van der Waals surface area (Å²) in [6, 6.07) is 5.47. The Labute approximate surface area is 135 Å². The topological polar surface area (TPSA) is 182 Å². The van der Waals surface area contributed by atoms with Gasteiger partial charge < -0.3 is 21.8 Å². The summed E-state index contributed by atoms with van der Waals surface area (Å²) in [5, 5.41) is 16.9. The Morgan fingerprint density at radius 1 is 1.33 bits per heavy atom. The molecule has 24 heavy (non-hydrogen) atoms. The highest BCUT2D eigenvalue weighted by Crippen LogP contribution is 2.19. The van der Waals surface area contributed by atoms with E-state index in [9.17, 15) is 19.7 Å². The Balaban J connectivity index is 2.08. The van der Waals surface area contributed by atoms with Crippen LogP contribution in [0.5, 0.6) is 0 Å². The molecule has 0 spiro atoms. The number of nitrogens with two attached hydrogens (primary N) is 2. The van der Waals surface area contributed by atoms with E-state index in [1.165, 1.54) is 0 Å². The van der Waals surface area contributed by atoms with Gasteiger partial charge in [0, 0.05) is 23.5 Å². The maximum atomic E-state index is 11.7. The van der Waals surface area contributed by atoms with Gasteiger partial charge in [-0.05, 0) is 11.6 Å². The molecule has 0 fully saturated rings. The maximum absolute atomic E-state index is 11.7. The molecule has 11 nitrogen and oxygen atoms in total. The quantitative estimate of drug-likeness (QED) is 0.211. The van der Waals surface area contributed by atoms with Crippen LogP contribution in [0.3, 0.4) is 0 Å². The molecule has 1 aromatic carbocycles. The molecule has 2 rings (SSSR count). The monoisotopic (exact) mass is 333 g/mol. The van der Waals surface area contributed by atoms with Gasteiger partial charge in [0.1, 0.15) is 11.1 Å². The van der Waals surface area contributed by atoms with E-state index in [2.05, 4.69) is 15.4 Å². The number of nitrogens with one attached hydrogen (secondary N) is 3. The molecule has 0 aliphatic heterocycles. The van der Waals surface area contributed by atoms with Gasteiger partial charge in [-0.15, -0.1) is 0 Å². The van der Waals surface area contributed by atoms with Crippen molar-refractivity contribution in [1.29, 1.82) is 0 Å². The van der Waals surface area contributed by atoms with Crippen molar-refractivity contribution in [3.8, 4) is 0 Å². The van der Waals surface area contributed by atoms with Gasteiger partial charge in [-0.1, -0.05) is 18.2 Å². The molecule has 126 valence electrons. The van der Waals surface area contributed by atoms with Crippen molar-refractivity contribution in [2.45, 2.75) is 12.5 Å². The third-order valence-electron chi connectivity index (χ3n) is 3.18. The summed E-state index contributed by atoms with van der Waals surface area (Å²) in [5.41, 5.74) is 12.1. The van der Waals surface area contributed by atoms with E-state index >= 15 is 0 Å². The highest BCUT2D eigenvalue weighted by atomic mass is 16.7. The van der Waals surface area contributed by atoms with Crippen LogP contribution in [0.25, 0.3) is 10.9 Å². The van der Waals surface area contributed by atoms with Crippen molar-refractivity contribution in [2.75, 3.05) is 0 Å². The number of H-pyrrole nitrogens is 1. The Bertz CT molecular complexity index is 814. The Hall–Kier alpha value is -3.63. The lowest BCUT2D eigenvalue weighted by Gasteiger charge is -2.15. The highest BCUT2D eigenvalue weighted by molar-refractivity contribution is 5.97. The smallest absolute Gasteiger partial charge is 0.322 e. The van der Waals surface area contributed by atoms with Crippen LogP contribution in [-0.2, 0) is 11.2 Å². The number of hydrazone groups is 1. The molecule has 0 bridgehead atoms. The maximum Gasteiger partial charge on any atom is 0.322 e. The molecule has 2 aromatic rings. The van der Waals surface area contributed by atoms with Crippen LogP contribution in [-0.4, -0.2) is 34.0 Å². The van der Waals surface area contributed by atoms with Gasteiger partial charge in [0.2, 0.25) is 5.91 Å². The lowest BCUT2D eigenvalue weighted by molar-refractivity contribution is -0.485. The Morgan fingerprint density at radius 3 is 2.71 bits per heavy atom. The van der Waals surface area contributed by atoms with Gasteiger partial charge in [-0.3, -0.25) is 10.1 Å². The number of aromatic amines is 1. The van der Waals surface area contributed by atoms with E-state index in [-0.39, 0.29) is 6.42 Å². The second-order valence-electron chi connectivity index (χ2n) is 4.84. The van der Waals surface area contributed by atoms with Crippen LogP contribution >= 0.6 is 0 Å². The van der Waals surface area contributed by atoms with Gasteiger partial charge in [0.05, 0.1) is 0 Å². The molecule has 0 saturated heterocycles. The summed E-state index contributed by atoms with van der Waals surface area (Å²) in [6.45, 7) is 0. The number of hydrogen-bond acceptors (Lipinski definition) is 4. The number of fused-ring (bicyclic) bond motifs is 1. The second kappa shape index (κ2) is 7.09. The third kappa shape index (κ3) is 4.19. The number of rotatable bonds is 5. The SMILES string of the molecule is NC(=O)C(Cc1c[nH]c2ccccc12)NC(=O)N/C(N)=N/[N+](=O)[O-]. The van der Waals surface area contributed by atoms with Crippen molar-refractivity contribution < 1.29 is 14.6 Å². The standard InChI is InChI=1S/C13H15N7O4/c14-11(21)10(17-13(22)18-12(15)19-20(23)24)5-7-6-16-9-4-2-1-3-8(7)9/h1-4,6,10,16H,5H2,(H2,14,21)(H4,15,17,18,19,22). The number of carbonyl (C=O) groups is 2. The first-order valence-electron chi connectivity index (χ1n) is 6.77. The normalized spacial score (nSPS) is 12.6. The van der Waals surface area contributed by atoms with E-state index in [1.54, 1.807) is 6.20 Å². The van der Waals surface area contributed by atoms with Crippen LogP contribution in [0.1, 0.15) is 5.56 Å². The van der Waals surface area contributed by atoms with E-state index in [0.717, 1.165) is 16.5 Å². The molecule has 0 aliphatic carbocycles. The van der Waals surface area contributed by atoms with Crippen molar-refractivity contribution >= 4 is 28.8 Å². The van der Waals surface area contributed by atoms with Gasteiger partial charge >= 0.3 is 6.03 Å². The number of urea groups is 1. The van der Waals surface area contributed by atoms with Crippen LogP contribution in [0.4, 0.5) is 4.79 Å². The van der Waals surface area contributed by atoms with Gasteiger partial charge in [-0.25, -0.2) is 14.9 Å². The largest absolute Gasteiger partial charge is 0.368 e. The molecule has 0 radical (unpaired) electrons. The minimum atomic E-state index is -1.06. The first-order valence-corrected chi connectivity index (χ1v) is 6.77. The average molecular weight is 333 g/mol. The number of para-hydroxylation sites is 1. The number of guanidine groups is 1. The van der Waals surface area contributed by atoms with Crippen LogP contribution < -0.4 is 22.1 Å². The lowest BCUT2D eigenvalue weighted by atomic mass is 10.0. The highest BCUT2D eigenvalue weighted by Gasteiger charge is 2.21. The zero-order valence-corrected chi connectivity index (χ0v) is 12.4. The molecular weight excluding hydrogens is 318 g/mol. The molecule has 7 N–H and O–H groups in total. The van der Waals surface area contributed by atoms with Crippen molar-refractivity contribution in [1.82, 2.24) is 15.6 Å². The number of nitro groups is 1. The fourth-order valence-electron chi connectivity index (χ4n) is 2.17. The van der Waals surface area contributed by atoms with Gasteiger partial charge in [0.25, 0.3) is 5.96 Å². The molecule has 11 heteroatoms. The summed E-state index contributed by atoms with van der Waals surface area (Å²) < 4.78 is 0. The predicted molar refractivity (Wildman–Crippen MR) is 85.3 cm³/mol. The zero-order valence-electron chi connectivity index (χ0n) is 12.4.